The van der Waals surface area contributed by atoms with Gasteiger partial charge in [-0.2, -0.15) is 4.37 Å². The summed E-state index contributed by atoms with van der Waals surface area (Å²) in [4.78, 5) is 0. The van der Waals surface area contributed by atoms with Crippen molar-refractivity contribution in [2.75, 3.05) is 5.32 Å². The van der Waals surface area contributed by atoms with Gasteiger partial charge in [0.25, 0.3) is 0 Å². The van der Waals surface area contributed by atoms with Crippen LogP contribution in [0.3, 0.4) is 0 Å². The molecular formula is C9H14N2S. The molecule has 66 valence electrons. The third kappa shape index (κ3) is 1.61. The average molecular weight is 182 g/mol. The predicted octanol–water partition coefficient (Wildman–Crippen LogP) is 2.74. The Labute approximate surface area is 77.2 Å². The lowest BCUT2D eigenvalue weighted by Gasteiger charge is -2.43. The summed E-state index contributed by atoms with van der Waals surface area (Å²) in [6.45, 7) is 4.63. The molecule has 0 spiro atoms. The normalized spacial score (nSPS) is 21.8. The molecule has 0 aliphatic heterocycles. The Kier molecular flexibility index (Phi) is 1.83. The minimum Gasteiger partial charge on any atom is -0.380 e. The van der Waals surface area contributed by atoms with E-state index in [2.05, 4.69) is 28.9 Å². The first-order valence-electron chi connectivity index (χ1n) is 4.32. The monoisotopic (exact) mass is 182 g/mol. The van der Waals surface area contributed by atoms with Gasteiger partial charge in [0.1, 0.15) is 0 Å². The molecule has 3 heteroatoms. The van der Waals surface area contributed by atoms with Crippen molar-refractivity contribution in [1.29, 1.82) is 0 Å². The molecule has 0 atom stereocenters. The van der Waals surface area contributed by atoms with E-state index in [0.29, 0.717) is 11.5 Å². The summed E-state index contributed by atoms with van der Waals surface area (Å²) in [6.07, 6.45) is 4.46. The van der Waals surface area contributed by atoms with Crippen LogP contribution in [0.1, 0.15) is 26.7 Å². The van der Waals surface area contributed by atoms with Crippen molar-refractivity contribution in [3.63, 3.8) is 0 Å². The molecule has 0 aromatic carbocycles. The van der Waals surface area contributed by atoms with E-state index in [1.807, 2.05) is 6.20 Å². The number of aromatic nitrogens is 1. The van der Waals surface area contributed by atoms with E-state index in [1.54, 1.807) is 0 Å². The van der Waals surface area contributed by atoms with Crippen LogP contribution in [0.5, 0.6) is 0 Å². The Hall–Kier alpha value is -0.570. The number of nitrogens with zero attached hydrogens (tertiary/aromatic N) is 1. The third-order valence-corrected chi connectivity index (χ3v) is 2.99. The lowest BCUT2D eigenvalue weighted by molar-refractivity contribution is 0.167. The van der Waals surface area contributed by atoms with Crippen LogP contribution < -0.4 is 5.32 Å². The summed E-state index contributed by atoms with van der Waals surface area (Å²) >= 11 is 1.50. The lowest BCUT2D eigenvalue weighted by Crippen LogP contribution is -2.41. The molecule has 0 saturated heterocycles. The predicted molar refractivity (Wildman–Crippen MR) is 52.5 cm³/mol. The first-order valence-corrected chi connectivity index (χ1v) is 5.15. The van der Waals surface area contributed by atoms with Crippen molar-refractivity contribution in [3.05, 3.63) is 11.6 Å². The van der Waals surface area contributed by atoms with Crippen LogP contribution in [0.4, 0.5) is 5.69 Å². The molecule has 1 aromatic rings. The maximum atomic E-state index is 4.05. The Morgan fingerprint density at radius 3 is 2.83 bits per heavy atom. The zero-order valence-electron chi connectivity index (χ0n) is 7.50. The largest absolute Gasteiger partial charge is 0.380 e. The highest BCUT2D eigenvalue weighted by molar-refractivity contribution is 7.04. The average Bonchev–Trinajstić information content (AvgIpc) is 2.35. The second-order valence-electron chi connectivity index (χ2n) is 4.33. The van der Waals surface area contributed by atoms with E-state index in [9.17, 15) is 0 Å². The quantitative estimate of drug-likeness (QED) is 0.760. The SMILES string of the molecule is CC1(C)CC(Nc2cnsc2)C1. The number of anilines is 1. The minimum absolute atomic E-state index is 0.557. The molecule has 12 heavy (non-hydrogen) atoms. The maximum absolute atomic E-state index is 4.05. The van der Waals surface area contributed by atoms with Gasteiger partial charge in [0.2, 0.25) is 0 Å². The smallest absolute Gasteiger partial charge is 0.0655 e. The molecule has 0 unspecified atom stereocenters. The van der Waals surface area contributed by atoms with Gasteiger partial charge in [-0.1, -0.05) is 13.8 Å². The van der Waals surface area contributed by atoms with E-state index in [4.69, 9.17) is 0 Å². The van der Waals surface area contributed by atoms with Gasteiger partial charge in [-0.25, -0.2) is 0 Å². The summed E-state index contributed by atoms with van der Waals surface area (Å²) in [5.74, 6) is 0. The number of hydrogen-bond donors (Lipinski definition) is 1. The fourth-order valence-corrected chi connectivity index (χ4v) is 2.37. The molecule has 1 fully saturated rings. The van der Waals surface area contributed by atoms with Gasteiger partial charge >= 0.3 is 0 Å². The fraction of sp³-hybridized carbons (Fsp3) is 0.667. The zero-order valence-corrected chi connectivity index (χ0v) is 8.32. The Morgan fingerprint density at radius 2 is 2.33 bits per heavy atom. The highest BCUT2D eigenvalue weighted by atomic mass is 32.1. The van der Waals surface area contributed by atoms with Crippen molar-refractivity contribution >= 4 is 17.2 Å². The third-order valence-electron chi connectivity index (χ3n) is 2.40. The summed E-state index contributed by atoms with van der Waals surface area (Å²) in [6, 6.07) is 0.677. The summed E-state index contributed by atoms with van der Waals surface area (Å²) < 4.78 is 4.05. The lowest BCUT2D eigenvalue weighted by atomic mass is 9.68. The van der Waals surface area contributed by atoms with Gasteiger partial charge in [-0.15, -0.1) is 0 Å². The molecule has 1 aromatic heterocycles. The van der Waals surface area contributed by atoms with Crippen LogP contribution in [0, 0.1) is 5.41 Å². The van der Waals surface area contributed by atoms with Crippen LogP contribution in [-0.2, 0) is 0 Å². The summed E-state index contributed by atoms with van der Waals surface area (Å²) in [5, 5.41) is 5.52. The standard InChI is InChI=1S/C9H14N2S/c1-9(2)3-7(4-9)11-8-5-10-12-6-8/h5-7,11H,3-4H2,1-2H3. The molecule has 1 aliphatic carbocycles. The highest BCUT2D eigenvalue weighted by Crippen LogP contribution is 2.41. The highest BCUT2D eigenvalue weighted by Gasteiger charge is 2.35. The molecule has 2 nitrogen and oxygen atoms in total. The Bertz CT molecular complexity index is 246. The first-order chi connectivity index (χ1) is 5.66. The molecular weight excluding hydrogens is 168 g/mol. The van der Waals surface area contributed by atoms with E-state index < -0.39 is 0 Å². The first kappa shape index (κ1) is 8.05. The maximum Gasteiger partial charge on any atom is 0.0655 e. The van der Waals surface area contributed by atoms with E-state index in [0.717, 1.165) is 0 Å². The zero-order chi connectivity index (χ0) is 8.60. The van der Waals surface area contributed by atoms with Crippen LogP contribution >= 0.6 is 11.5 Å². The molecule has 0 amide bonds. The fourth-order valence-electron chi connectivity index (χ4n) is 1.89. The number of rotatable bonds is 2. The topological polar surface area (TPSA) is 24.9 Å². The summed E-state index contributed by atoms with van der Waals surface area (Å²) in [7, 11) is 0. The molecule has 1 saturated carbocycles. The van der Waals surface area contributed by atoms with Crippen molar-refractivity contribution in [2.45, 2.75) is 32.7 Å². The molecule has 1 N–H and O–H groups in total. The van der Waals surface area contributed by atoms with E-state index in [1.165, 1.54) is 30.1 Å². The van der Waals surface area contributed by atoms with Gasteiger partial charge < -0.3 is 5.32 Å². The van der Waals surface area contributed by atoms with Crippen molar-refractivity contribution < 1.29 is 0 Å². The molecule has 0 radical (unpaired) electrons. The van der Waals surface area contributed by atoms with Crippen LogP contribution in [0.15, 0.2) is 11.6 Å². The molecule has 1 heterocycles. The Morgan fingerprint density at radius 1 is 1.58 bits per heavy atom. The second kappa shape index (κ2) is 2.73. The van der Waals surface area contributed by atoms with Crippen molar-refractivity contribution in [1.82, 2.24) is 4.37 Å². The van der Waals surface area contributed by atoms with Gasteiger partial charge in [0, 0.05) is 11.4 Å². The van der Waals surface area contributed by atoms with Gasteiger partial charge in [-0.3, -0.25) is 0 Å². The number of hydrogen-bond acceptors (Lipinski definition) is 3. The minimum atomic E-state index is 0.557. The molecule has 2 rings (SSSR count). The van der Waals surface area contributed by atoms with Crippen LogP contribution in [0.25, 0.3) is 0 Å². The molecule has 1 aliphatic rings. The summed E-state index contributed by atoms with van der Waals surface area (Å²) in [5.41, 5.74) is 1.74. The Balaban J connectivity index is 1.84. The second-order valence-corrected chi connectivity index (χ2v) is 4.98. The van der Waals surface area contributed by atoms with Crippen molar-refractivity contribution in [3.8, 4) is 0 Å². The van der Waals surface area contributed by atoms with Crippen molar-refractivity contribution in [2.24, 2.45) is 5.41 Å². The molecule has 0 bridgehead atoms. The van der Waals surface area contributed by atoms with Crippen LogP contribution in [-0.4, -0.2) is 10.4 Å². The number of nitrogens with one attached hydrogen (secondary N) is 1. The van der Waals surface area contributed by atoms with E-state index >= 15 is 0 Å². The van der Waals surface area contributed by atoms with Crippen LogP contribution in [0.2, 0.25) is 0 Å². The van der Waals surface area contributed by atoms with Gasteiger partial charge in [0.05, 0.1) is 11.9 Å². The van der Waals surface area contributed by atoms with E-state index in [-0.39, 0.29) is 0 Å². The van der Waals surface area contributed by atoms with Gasteiger partial charge in [-0.05, 0) is 29.8 Å². The van der Waals surface area contributed by atoms with Gasteiger partial charge in [0.15, 0.2) is 0 Å².